The molecule has 0 amide bonds. The second-order valence-corrected chi connectivity index (χ2v) is 6.21. The Labute approximate surface area is 149 Å². The molecule has 1 aliphatic rings. The predicted octanol–water partition coefficient (Wildman–Crippen LogP) is -0.0859. The molecule has 1 aromatic carbocycles. The molecule has 0 bridgehead atoms. The number of nitrogens with two attached hydrogens (primary N) is 1. The molecule has 9 nitrogen and oxygen atoms in total. The van der Waals surface area contributed by atoms with Gasteiger partial charge in [0.05, 0.1) is 0 Å². The summed E-state index contributed by atoms with van der Waals surface area (Å²) in [6.45, 7) is 0.402. The molecule has 3 heterocycles. The summed E-state index contributed by atoms with van der Waals surface area (Å²) < 4.78 is 7.61. The standard InChI is InChI=1S/C17H20N6O3/c1-19-7-10-12(24)13(25)17(26-10)23-15(9-5-3-2-4-6-9)22-11-14(18)20-8-21-16(11)23/h2-6,8,10,12-13,17,19,24-25H,7H2,1H3,(H2,18,20,21)/t10-,12-,13-,17-/m1/s1. The number of rotatable bonds is 4. The van der Waals surface area contributed by atoms with Crippen LogP contribution in [0, 0.1) is 0 Å². The highest BCUT2D eigenvalue weighted by atomic mass is 16.6. The Kier molecular flexibility index (Phi) is 4.29. The molecule has 9 heteroatoms. The van der Waals surface area contributed by atoms with E-state index in [0.717, 1.165) is 5.56 Å². The zero-order valence-electron chi connectivity index (χ0n) is 14.1. The second kappa shape index (κ2) is 6.61. The molecule has 0 aliphatic carbocycles. The van der Waals surface area contributed by atoms with Crippen molar-refractivity contribution in [2.75, 3.05) is 19.3 Å². The molecule has 0 radical (unpaired) electrons. The highest BCUT2D eigenvalue weighted by Gasteiger charge is 2.45. The van der Waals surface area contributed by atoms with Gasteiger partial charge in [-0.2, -0.15) is 0 Å². The van der Waals surface area contributed by atoms with E-state index >= 15 is 0 Å². The van der Waals surface area contributed by atoms with Gasteiger partial charge < -0.3 is 26.0 Å². The predicted molar refractivity (Wildman–Crippen MR) is 95.0 cm³/mol. The van der Waals surface area contributed by atoms with Crippen LogP contribution in [0.2, 0.25) is 0 Å². The molecule has 1 aliphatic heterocycles. The van der Waals surface area contributed by atoms with Crippen molar-refractivity contribution in [3.63, 3.8) is 0 Å². The van der Waals surface area contributed by atoms with E-state index in [0.29, 0.717) is 23.5 Å². The van der Waals surface area contributed by atoms with Gasteiger partial charge in [-0.25, -0.2) is 15.0 Å². The lowest BCUT2D eigenvalue weighted by Gasteiger charge is -2.19. The number of fused-ring (bicyclic) bond motifs is 1. The number of aromatic nitrogens is 4. The van der Waals surface area contributed by atoms with Crippen molar-refractivity contribution >= 4 is 17.0 Å². The highest BCUT2D eigenvalue weighted by Crippen LogP contribution is 2.36. The van der Waals surface area contributed by atoms with Crippen LogP contribution in [-0.4, -0.2) is 61.6 Å². The van der Waals surface area contributed by atoms with E-state index in [1.165, 1.54) is 6.33 Å². The number of aliphatic hydroxyl groups is 2. The number of nitrogens with zero attached hydrogens (tertiary/aromatic N) is 4. The van der Waals surface area contributed by atoms with E-state index in [1.807, 2.05) is 30.3 Å². The number of hydrogen-bond acceptors (Lipinski definition) is 8. The smallest absolute Gasteiger partial charge is 0.168 e. The first-order valence-corrected chi connectivity index (χ1v) is 8.32. The first-order chi connectivity index (χ1) is 12.6. The first-order valence-electron chi connectivity index (χ1n) is 8.32. The molecular weight excluding hydrogens is 336 g/mol. The quantitative estimate of drug-likeness (QED) is 0.510. The van der Waals surface area contributed by atoms with Crippen LogP contribution in [-0.2, 0) is 4.74 Å². The lowest BCUT2D eigenvalue weighted by Crippen LogP contribution is -2.36. The number of benzene rings is 1. The fraction of sp³-hybridized carbons (Fsp3) is 0.353. The fourth-order valence-electron chi connectivity index (χ4n) is 3.27. The van der Waals surface area contributed by atoms with Gasteiger partial charge in [0, 0.05) is 12.1 Å². The van der Waals surface area contributed by atoms with E-state index < -0.39 is 24.5 Å². The monoisotopic (exact) mass is 356 g/mol. The molecule has 4 atom stereocenters. The Morgan fingerprint density at radius 3 is 2.69 bits per heavy atom. The van der Waals surface area contributed by atoms with E-state index in [4.69, 9.17) is 10.5 Å². The average molecular weight is 356 g/mol. The lowest BCUT2D eigenvalue weighted by molar-refractivity contribution is -0.0327. The van der Waals surface area contributed by atoms with Gasteiger partial charge in [-0.3, -0.25) is 4.57 Å². The Balaban J connectivity index is 1.90. The van der Waals surface area contributed by atoms with Crippen LogP contribution in [0.1, 0.15) is 6.23 Å². The number of aliphatic hydroxyl groups excluding tert-OH is 2. The molecule has 0 saturated carbocycles. The summed E-state index contributed by atoms with van der Waals surface area (Å²) >= 11 is 0. The van der Waals surface area contributed by atoms with Crippen LogP contribution in [0.15, 0.2) is 36.7 Å². The Hall–Kier alpha value is -2.59. The van der Waals surface area contributed by atoms with E-state index in [9.17, 15) is 10.2 Å². The third-order valence-corrected chi connectivity index (χ3v) is 4.53. The third kappa shape index (κ3) is 2.61. The van der Waals surface area contributed by atoms with Crippen LogP contribution >= 0.6 is 0 Å². The fourth-order valence-corrected chi connectivity index (χ4v) is 3.27. The zero-order chi connectivity index (χ0) is 18.3. The summed E-state index contributed by atoms with van der Waals surface area (Å²) in [6, 6.07) is 9.46. The van der Waals surface area contributed by atoms with Crippen molar-refractivity contribution in [2.45, 2.75) is 24.5 Å². The van der Waals surface area contributed by atoms with Gasteiger partial charge in [-0.05, 0) is 7.05 Å². The topological polar surface area (TPSA) is 131 Å². The molecular formula is C17H20N6O3. The average Bonchev–Trinajstić information content (AvgIpc) is 3.17. The maximum absolute atomic E-state index is 10.6. The van der Waals surface area contributed by atoms with E-state index in [-0.39, 0.29) is 5.82 Å². The molecule has 5 N–H and O–H groups in total. The molecule has 4 rings (SSSR count). The summed E-state index contributed by atoms with van der Waals surface area (Å²) in [4.78, 5) is 12.9. The van der Waals surface area contributed by atoms with Gasteiger partial charge in [0.1, 0.15) is 30.5 Å². The third-order valence-electron chi connectivity index (χ3n) is 4.53. The number of imidazole rings is 1. The Bertz CT molecular complexity index is 916. The van der Waals surface area contributed by atoms with Gasteiger partial charge in [0.2, 0.25) is 0 Å². The van der Waals surface area contributed by atoms with Crippen molar-refractivity contribution in [1.82, 2.24) is 24.8 Å². The molecule has 0 unspecified atom stereocenters. The van der Waals surface area contributed by atoms with E-state index in [2.05, 4.69) is 20.3 Å². The Morgan fingerprint density at radius 2 is 1.96 bits per heavy atom. The number of nitrogen functional groups attached to an aromatic ring is 1. The minimum absolute atomic E-state index is 0.241. The lowest BCUT2D eigenvalue weighted by atomic mass is 10.1. The van der Waals surface area contributed by atoms with Gasteiger partial charge in [-0.15, -0.1) is 0 Å². The largest absolute Gasteiger partial charge is 0.387 e. The van der Waals surface area contributed by atoms with E-state index in [1.54, 1.807) is 11.6 Å². The minimum Gasteiger partial charge on any atom is -0.387 e. The maximum atomic E-state index is 10.6. The van der Waals surface area contributed by atoms with Gasteiger partial charge in [-0.1, -0.05) is 30.3 Å². The summed E-state index contributed by atoms with van der Waals surface area (Å²) in [5.74, 6) is 0.778. The van der Waals surface area contributed by atoms with Crippen molar-refractivity contribution in [3.05, 3.63) is 36.7 Å². The summed E-state index contributed by atoms with van der Waals surface area (Å²) in [5, 5.41) is 23.9. The van der Waals surface area contributed by atoms with Crippen molar-refractivity contribution in [3.8, 4) is 11.4 Å². The highest BCUT2D eigenvalue weighted by molar-refractivity contribution is 5.85. The minimum atomic E-state index is -1.13. The number of ether oxygens (including phenoxy) is 1. The summed E-state index contributed by atoms with van der Waals surface area (Å²) in [7, 11) is 1.76. The second-order valence-electron chi connectivity index (χ2n) is 6.21. The van der Waals surface area contributed by atoms with Crippen LogP contribution in [0.5, 0.6) is 0 Å². The van der Waals surface area contributed by atoms with Gasteiger partial charge in [0.15, 0.2) is 23.2 Å². The SMILES string of the molecule is CNC[C@H]1O[C@@H](n2c(-c3ccccc3)nc3c(N)ncnc32)[C@H](O)[C@@H]1O. The normalized spacial score (nSPS) is 25.8. The molecule has 1 fully saturated rings. The number of hydrogen-bond donors (Lipinski definition) is 4. The number of nitrogens with one attached hydrogen (secondary N) is 1. The van der Waals surface area contributed by atoms with Crippen molar-refractivity contribution in [2.24, 2.45) is 0 Å². The first kappa shape index (κ1) is 16.9. The van der Waals surface area contributed by atoms with Crippen LogP contribution in [0.3, 0.4) is 0 Å². The molecule has 26 heavy (non-hydrogen) atoms. The van der Waals surface area contributed by atoms with Crippen molar-refractivity contribution < 1.29 is 14.9 Å². The summed E-state index contributed by atoms with van der Waals surface area (Å²) in [6.07, 6.45) is -2.23. The Morgan fingerprint density at radius 1 is 1.19 bits per heavy atom. The molecule has 136 valence electrons. The molecule has 1 saturated heterocycles. The summed E-state index contributed by atoms with van der Waals surface area (Å²) in [5.41, 5.74) is 7.64. The zero-order valence-corrected chi connectivity index (χ0v) is 14.1. The van der Waals surface area contributed by atoms with Gasteiger partial charge in [0.25, 0.3) is 0 Å². The van der Waals surface area contributed by atoms with Crippen LogP contribution in [0.25, 0.3) is 22.6 Å². The van der Waals surface area contributed by atoms with Crippen LogP contribution in [0.4, 0.5) is 5.82 Å². The van der Waals surface area contributed by atoms with Crippen molar-refractivity contribution in [1.29, 1.82) is 0 Å². The molecule has 0 spiro atoms. The molecule has 3 aromatic rings. The number of anilines is 1. The van der Waals surface area contributed by atoms with Gasteiger partial charge >= 0.3 is 0 Å². The van der Waals surface area contributed by atoms with Crippen LogP contribution < -0.4 is 11.1 Å². The number of likely N-dealkylation sites (N-methyl/N-ethyl adjacent to an activating group) is 1. The molecule has 2 aromatic heterocycles. The maximum Gasteiger partial charge on any atom is 0.168 e.